The normalized spacial score (nSPS) is 12.4. The van der Waals surface area contributed by atoms with Crippen LogP contribution >= 0.6 is 0 Å². The van der Waals surface area contributed by atoms with Crippen molar-refractivity contribution in [1.82, 2.24) is 15.3 Å². The maximum atomic E-state index is 13.4. The molecule has 0 amide bonds. The van der Waals surface area contributed by atoms with Crippen molar-refractivity contribution >= 4 is 0 Å². The van der Waals surface area contributed by atoms with Gasteiger partial charge in [0.25, 0.3) is 0 Å². The highest BCUT2D eigenvalue weighted by molar-refractivity contribution is 5.30. The summed E-state index contributed by atoms with van der Waals surface area (Å²) in [7, 11) is 0. The summed E-state index contributed by atoms with van der Waals surface area (Å²) >= 11 is 0. The molecule has 0 aliphatic rings. The van der Waals surface area contributed by atoms with Crippen molar-refractivity contribution in [2.24, 2.45) is 0 Å². The van der Waals surface area contributed by atoms with E-state index >= 15 is 0 Å². The van der Waals surface area contributed by atoms with Gasteiger partial charge in [0.05, 0.1) is 6.04 Å². The van der Waals surface area contributed by atoms with Crippen molar-refractivity contribution in [3.8, 4) is 0 Å². The minimum atomic E-state index is -0.191. The Morgan fingerprint density at radius 2 is 1.89 bits per heavy atom. The van der Waals surface area contributed by atoms with E-state index in [4.69, 9.17) is 0 Å². The van der Waals surface area contributed by atoms with E-state index in [0.29, 0.717) is 11.4 Å². The molecule has 0 radical (unpaired) electrons. The summed E-state index contributed by atoms with van der Waals surface area (Å²) in [5.74, 6) is 0.516. The summed E-state index contributed by atoms with van der Waals surface area (Å²) in [6.07, 6.45) is 3.59. The first-order chi connectivity index (χ1) is 9.11. The molecule has 2 aromatic rings. The summed E-state index contributed by atoms with van der Waals surface area (Å²) < 4.78 is 13.4. The largest absolute Gasteiger partial charge is 0.304 e. The number of halogens is 1. The summed E-state index contributed by atoms with van der Waals surface area (Å²) in [6, 6.07) is 5.00. The van der Waals surface area contributed by atoms with Gasteiger partial charge in [0.2, 0.25) is 0 Å². The Morgan fingerprint density at radius 3 is 2.47 bits per heavy atom. The molecular formula is C15H18FN3. The Bertz CT molecular complexity index is 552. The molecule has 4 heteroatoms. The first-order valence-electron chi connectivity index (χ1n) is 6.39. The summed E-state index contributed by atoms with van der Waals surface area (Å²) in [5.41, 5.74) is 2.63. The molecule has 0 bridgehead atoms. The molecule has 0 fully saturated rings. The number of rotatable bonds is 4. The number of nitrogens with zero attached hydrogens (tertiary/aromatic N) is 2. The Balaban J connectivity index is 2.38. The van der Waals surface area contributed by atoms with Crippen LogP contribution in [0.25, 0.3) is 0 Å². The van der Waals surface area contributed by atoms with Gasteiger partial charge in [-0.1, -0.05) is 19.1 Å². The number of hydrogen-bond acceptors (Lipinski definition) is 3. The van der Waals surface area contributed by atoms with Gasteiger partial charge in [-0.25, -0.2) is 14.4 Å². The molecule has 1 heterocycles. The van der Waals surface area contributed by atoms with Gasteiger partial charge in [-0.3, -0.25) is 0 Å². The van der Waals surface area contributed by atoms with E-state index in [9.17, 15) is 4.39 Å². The van der Waals surface area contributed by atoms with Crippen LogP contribution in [-0.2, 0) is 0 Å². The second-order valence-electron chi connectivity index (χ2n) is 4.62. The van der Waals surface area contributed by atoms with Crippen LogP contribution in [-0.4, -0.2) is 16.5 Å². The smallest absolute Gasteiger partial charge is 0.149 e. The lowest BCUT2D eigenvalue weighted by Gasteiger charge is -2.17. The first-order valence-corrected chi connectivity index (χ1v) is 6.39. The molecule has 0 saturated heterocycles. The fourth-order valence-electron chi connectivity index (χ4n) is 1.96. The number of aryl methyl sites for hydroxylation is 2. The molecule has 0 spiro atoms. The summed E-state index contributed by atoms with van der Waals surface area (Å²) in [4.78, 5) is 8.72. The summed E-state index contributed by atoms with van der Waals surface area (Å²) in [5, 5.41) is 3.33. The van der Waals surface area contributed by atoms with Crippen LogP contribution in [0.4, 0.5) is 4.39 Å². The zero-order valence-electron chi connectivity index (χ0n) is 11.4. The van der Waals surface area contributed by atoms with Crippen molar-refractivity contribution < 1.29 is 4.39 Å². The number of aromatic nitrogens is 2. The van der Waals surface area contributed by atoms with E-state index < -0.39 is 0 Å². The molecule has 2 rings (SSSR count). The van der Waals surface area contributed by atoms with Crippen molar-refractivity contribution in [2.75, 3.05) is 6.54 Å². The van der Waals surface area contributed by atoms with Gasteiger partial charge in [-0.05, 0) is 43.1 Å². The van der Waals surface area contributed by atoms with Crippen LogP contribution in [0.2, 0.25) is 0 Å². The van der Waals surface area contributed by atoms with Crippen molar-refractivity contribution in [3.05, 3.63) is 58.9 Å². The Morgan fingerprint density at radius 1 is 1.21 bits per heavy atom. The maximum absolute atomic E-state index is 13.4. The molecule has 1 aromatic heterocycles. The Kier molecular flexibility index (Phi) is 4.22. The molecule has 19 heavy (non-hydrogen) atoms. The molecule has 100 valence electrons. The highest BCUT2D eigenvalue weighted by Crippen LogP contribution is 2.21. The highest BCUT2D eigenvalue weighted by Gasteiger charge is 2.16. The lowest BCUT2D eigenvalue weighted by molar-refractivity contribution is 0.588. The van der Waals surface area contributed by atoms with Crippen LogP contribution in [0.15, 0.2) is 30.6 Å². The van der Waals surface area contributed by atoms with E-state index in [2.05, 4.69) is 15.3 Å². The lowest BCUT2D eigenvalue weighted by atomic mass is 10.0. The fourth-order valence-corrected chi connectivity index (χ4v) is 1.96. The van der Waals surface area contributed by atoms with Gasteiger partial charge in [0.1, 0.15) is 11.6 Å². The monoisotopic (exact) mass is 259 g/mol. The minimum Gasteiger partial charge on any atom is -0.304 e. The molecule has 1 aromatic carbocycles. The SMILES string of the molecule is CCNC(c1ccc(F)c(C)c1)c1ncc(C)cn1. The second-order valence-corrected chi connectivity index (χ2v) is 4.62. The van der Waals surface area contributed by atoms with Gasteiger partial charge >= 0.3 is 0 Å². The third-order valence-electron chi connectivity index (χ3n) is 2.98. The third-order valence-corrected chi connectivity index (χ3v) is 2.98. The number of nitrogens with one attached hydrogen (secondary N) is 1. The third kappa shape index (κ3) is 3.15. The van der Waals surface area contributed by atoms with E-state index in [1.54, 1.807) is 25.4 Å². The zero-order chi connectivity index (χ0) is 13.8. The highest BCUT2D eigenvalue weighted by atomic mass is 19.1. The standard InChI is InChI=1S/C15H18FN3/c1-4-17-14(15-18-8-10(2)9-19-15)12-5-6-13(16)11(3)7-12/h5-9,14,17H,4H2,1-3H3. The van der Waals surface area contributed by atoms with Gasteiger partial charge in [0, 0.05) is 12.4 Å². The minimum absolute atomic E-state index is 0.107. The average molecular weight is 259 g/mol. The quantitative estimate of drug-likeness (QED) is 0.917. The fraction of sp³-hybridized carbons (Fsp3) is 0.333. The predicted octanol–water partition coefficient (Wildman–Crippen LogP) is 2.93. The van der Waals surface area contributed by atoms with Crippen molar-refractivity contribution in [1.29, 1.82) is 0 Å². The average Bonchev–Trinajstić information content (AvgIpc) is 2.41. The van der Waals surface area contributed by atoms with Gasteiger partial charge < -0.3 is 5.32 Å². The number of benzene rings is 1. The van der Waals surface area contributed by atoms with Crippen molar-refractivity contribution in [3.63, 3.8) is 0 Å². The van der Waals surface area contributed by atoms with Crippen LogP contribution in [0.5, 0.6) is 0 Å². The molecule has 0 saturated carbocycles. The Hall–Kier alpha value is -1.81. The van der Waals surface area contributed by atoms with Crippen LogP contribution in [0, 0.1) is 19.7 Å². The van der Waals surface area contributed by atoms with E-state index in [0.717, 1.165) is 17.7 Å². The molecule has 1 N–H and O–H groups in total. The molecule has 1 unspecified atom stereocenters. The van der Waals surface area contributed by atoms with E-state index in [1.165, 1.54) is 6.07 Å². The number of hydrogen-bond donors (Lipinski definition) is 1. The topological polar surface area (TPSA) is 37.8 Å². The molecule has 0 aliphatic carbocycles. The van der Waals surface area contributed by atoms with Crippen LogP contribution in [0.1, 0.15) is 35.5 Å². The van der Waals surface area contributed by atoms with Gasteiger partial charge in [-0.2, -0.15) is 0 Å². The Labute approximate surface area is 112 Å². The zero-order valence-corrected chi connectivity index (χ0v) is 11.4. The van der Waals surface area contributed by atoms with Gasteiger partial charge in [-0.15, -0.1) is 0 Å². The van der Waals surface area contributed by atoms with Crippen LogP contribution < -0.4 is 5.32 Å². The summed E-state index contributed by atoms with van der Waals surface area (Å²) in [6.45, 7) is 6.53. The van der Waals surface area contributed by atoms with E-state index in [-0.39, 0.29) is 11.9 Å². The second kappa shape index (κ2) is 5.89. The molecule has 3 nitrogen and oxygen atoms in total. The maximum Gasteiger partial charge on any atom is 0.149 e. The lowest BCUT2D eigenvalue weighted by Crippen LogP contribution is -2.24. The predicted molar refractivity (Wildman–Crippen MR) is 73.4 cm³/mol. The van der Waals surface area contributed by atoms with E-state index in [1.807, 2.05) is 19.9 Å². The molecule has 1 atom stereocenters. The molecule has 0 aliphatic heterocycles. The van der Waals surface area contributed by atoms with Gasteiger partial charge in [0.15, 0.2) is 0 Å². The molecular weight excluding hydrogens is 241 g/mol. The van der Waals surface area contributed by atoms with Crippen molar-refractivity contribution in [2.45, 2.75) is 26.8 Å². The van der Waals surface area contributed by atoms with Crippen LogP contribution in [0.3, 0.4) is 0 Å². The first kappa shape index (κ1) is 13.6.